The van der Waals surface area contributed by atoms with E-state index in [-0.39, 0.29) is 30.4 Å². The van der Waals surface area contributed by atoms with E-state index in [1.54, 1.807) is 11.6 Å². The summed E-state index contributed by atoms with van der Waals surface area (Å²) in [6.45, 7) is 3.68. The number of H-pyrrole nitrogens is 1. The van der Waals surface area contributed by atoms with Crippen molar-refractivity contribution in [1.82, 2.24) is 30.6 Å². The number of fused-ring (bicyclic) bond motifs is 1. The Kier molecular flexibility index (Phi) is 7.47. The van der Waals surface area contributed by atoms with Crippen LogP contribution in [0.5, 0.6) is 0 Å². The minimum Gasteiger partial charge on any atom is -0.360 e. The number of benzene rings is 1. The molecule has 1 aliphatic rings. The first kappa shape index (κ1) is 24.9. The lowest BCUT2D eigenvalue weighted by atomic mass is 9.91. The highest BCUT2D eigenvalue weighted by molar-refractivity contribution is 7.09. The molecule has 11 heteroatoms. The Morgan fingerprint density at radius 1 is 1.22 bits per heavy atom. The maximum absolute atomic E-state index is 12.8. The second kappa shape index (κ2) is 11.1. The molecule has 9 nitrogen and oxygen atoms in total. The SMILES string of the molecule is C=CC(=O)NCc1nc(C(=O)N[C@H]2CCC[C@@H](Nc3ncc(Cl)c(-c4c[nH]c5ccccc45)n3)C2)cs1. The molecule has 190 valence electrons. The van der Waals surface area contributed by atoms with Gasteiger partial charge in [-0.05, 0) is 37.8 Å². The molecule has 4 N–H and O–H groups in total. The van der Waals surface area contributed by atoms with Crippen LogP contribution < -0.4 is 16.0 Å². The molecule has 1 fully saturated rings. The standard InChI is InChI=1S/C26H26ClN7O2S/c1-2-22(35)29-13-23-33-21(14-37-23)25(36)31-15-6-5-7-16(10-15)32-26-30-12-19(27)24(34-26)18-11-28-20-9-4-3-8-17(18)20/h2-4,8-9,11-12,14-16,28H,1,5-7,10,13H2,(H,29,35)(H,31,36)(H,30,32,34)/t15-,16+/m0/s1. The van der Waals surface area contributed by atoms with E-state index < -0.39 is 0 Å². The fourth-order valence-electron chi connectivity index (χ4n) is 4.52. The maximum atomic E-state index is 12.8. The first-order valence-electron chi connectivity index (χ1n) is 12.0. The highest BCUT2D eigenvalue weighted by Crippen LogP contribution is 2.32. The lowest BCUT2D eigenvalue weighted by molar-refractivity contribution is -0.116. The molecule has 1 aromatic carbocycles. The van der Waals surface area contributed by atoms with E-state index in [0.717, 1.165) is 42.1 Å². The monoisotopic (exact) mass is 535 g/mol. The van der Waals surface area contributed by atoms with Crippen LogP contribution >= 0.6 is 22.9 Å². The van der Waals surface area contributed by atoms with Gasteiger partial charge in [-0.1, -0.05) is 36.4 Å². The van der Waals surface area contributed by atoms with Crippen molar-refractivity contribution in [3.63, 3.8) is 0 Å². The first-order valence-corrected chi connectivity index (χ1v) is 13.3. The van der Waals surface area contributed by atoms with E-state index in [4.69, 9.17) is 16.6 Å². The van der Waals surface area contributed by atoms with Crippen molar-refractivity contribution in [3.05, 3.63) is 70.4 Å². The summed E-state index contributed by atoms with van der Waals surface area (Å²) in [4.78, 5) is 40.8. The molecule has 2 amide bonds. The van der Waals surface area contributed by atoms with Crippen molar-refractivity contribution in [2.45, 2.75) is 44.3 Å². The first-order chi connectivity index (χ1) is 18.0. The molecule has 3 aromatic heterocycles. The van der Waals surface area contributed by atoms with Crippen LogP contribution in [-0.4, -0.2) is 43.8 Å². The van der Waals surface area contributed by atoms with E-state index >= 15 is 0 Å². The van der Waals surface area contributed by atoms with E-state index in [0.29, 0.717) is 27.4 Å². The van der Waals surface area contributed by atoms with Gasteiger partial charge in [-0.25, -0.2) is 15.0 Å². The summed E-state index contributed by atoms with van der Waals surface area (Å²) in [5, 5.41) is 13.1. The molecule has 1 aliphatic carbocycles. The molecule has 3 heterocycles. The van der Waals surface area contributed by atoms with Crippen molar-refractivity contribution >= 4 is 51.6 Å². The topological polar surface area (TPSA) is 125 Å². The fraction of sp³-hybridized carbons (Fsp3) is 0.269. The number of carbonyl (C=O) groups excluding carboxylic acids is 2. The van der Waals surface area contributed by atoms with E-state index in [1.165, 1.54) is 17.4 Å². The van der Waals surface area contributed by atoms with Crippen LogP contribution in [0.2, 0.25) is 5.02 Å². The molecule has 2 atom stereocenters. The summed E-state index contributed by atoms with van der Waals surface area (Å²) in [6, 6.07) is 8.12. The van der Waals surface area contributed by atoms with E-state index in [9.17, 15) is 9.59 Å². The van der Waals surface area contributed by atoms with Crippen molar-refractivity contribution < 1.29 is 9.59 Å². The number of hydrogen-bond acceptors (Lipinski definition) is 7. The Bertz CT molecular complexity index is 1450. The number of para-hydroxylation sites is 1. The van der Waals surface area contributed by atoms with Gasteiger partial charge in [-0.15, -0.1) is 11.3 Å². The van der Waals surface area contributed by atoms with Crippen LogP contribution in [0.3, 0.4) is 0 Å². The number of nitrogens with zero attached hydrogens (tertiary/aromatic N) is 3. The van der Waals surface area contributed by atoms with Gasteiger partial charge >= 0.3 is 0 Å². The van der Waals surface area contributed by atoms with Crippen LogP contribution in [0.1, 0.15) is 41.2 Å². The van der Waals surface area contributed by atoms with Gasteiger partial charge in [0.25, 0.3) is 5.91 Å². The molecule has 37 heavy (non-hydrogen) atoms. The summed E-state index contributed by atoms with van der Waals surface area (Å²) in [5.74, 6) is 0.0140. The van der Waals surface area contributed by atoms with Gasteiger partial charge in [0.2, 0.25) is 11.9 Å². The number of rotatable bonds is 8. The zero-order valence-corrected chi connectivity index (χ0v) is 21.5. The zero-order valence-electron chi connectivity index (χ0n) is 20.0. The molecular formula is C26H26ClN7O2S. The smallest absolute Gasteiger partial charge is 0.270 e. The Morgan fingerprint density at radius 2 is 2.05 bits per heavy atom. The summed E-state index contributed by atoms with van der Waals surface area (Å²) >= 11 is 7.80. The number of anilines is 1. The number of nitrogens with one attached hydrogen (secondary N) is 4. The number of aromatic amines is 1. The minimum absolute atomic E-state index is 0.00440. The number of aromatic nitrogens is 4. The number of amides is 2. The molecule has 0 saturated heterocycles. The molecular weight excluding hydrogens is 510 g/mol. The van der Waals surface area contributed by atoms with Crippen molar-refractivity contribution in [2.24, 2.45) is 0 Å². The number of carbonyl (C=O) groups is 2. The number of hydrogen-bond donors (Lipinski definition) is 4. The fourth-order valence-corrected chi connectivity index (χ4v) is 5.42. The van der Waals surface area contributed by atoms with Crippen molar-refractivity contribution in [2.75, 3.05) is 5.32 Å². The van der Waals surface area contributed by atoms with Crippen LogP contribution in [0.4, 0.5) is 5.95 Å². The zero-order chi connectivity index (χ0) is 25.8. The van der Waals surface area contributed by atoms with Gasteiger partial charge in [0.1, 0.15) is 10.7 Å². The molecule has 4 aromatic rings. The summed E-state index contributed by atoms with van der Waals surface area (Å²) in [7, 11) is 0. The van der Waals surface area contributed by atoms with Crippen molar-refractivity contribution in [1.29, 1.82) is 0 Å². The Morgan fingerprint density at radius 3 is 2.92 bits per heavy atom. The van der Waals surface area contributed by atoms with Crippen LogP contribution in [0.25, 0.3) is 22.2 Å². The minimum atomic E-state index is -0.278. The van der Waals surface area contributed by atoms with E-state index in [1.807, 2.05) is 30.5 Å². The Hall–Kier alpha value is -3.76. The third-order valence-electron chi connectivity index (χ3n) is 6.31. The van der Waals surface area contributed by atoms with Crippen LogP contribution in [0, 0.1) is 0 Å². The Labute approximate surface area is 222 Å². The molecule has 5 rings (SSSR count). The van der Waals surface area contributed by atoms with Gasteiger partial charge in [0.05, 0.1) is 23.5 Å². The summed E-state index contributed by atoms with van der Waals surface area (Å²) < 4.78 is 0. The predicted molar refractivity (Wildman–Crippen MR) is 146 cm³/mol. The lowest BCUT2D eigenvalue weighted by Gasteiger charge is -2.30. The highest BCUT2D eigenvalue weighted by Gasteiger charge is 2.25. The third-order valence-corrected chi connectivity index (χ3v) is 7.44. The van der Waals surface area contributed by atoms with Gasteiger partial charge in [0.15, 0.2) is 0 Å². The quantitative estimate of drug-likeness (QED) is 0.243. The second-order valence-corrected chi connectivity index (χ2v) is 10.2. The molecule has 1 saturated carbocycles. The second-order valence-electron chi connectivity index (χ2n) is 8.86. The average Bonchev–Trinajstić information content (AvgIpc) is 3.56. The van der Waals surface area contributed by atoms with Gasteiger partial charge in [-0.2, -0.15) is 0 Å². The van der Waals surface area contributed by atoms with Crippen molar-refractivity contribution in [3.8, 4) is 11.3 Å². The predicted octanol–water partition coefficient (Wildman–Crippen LogP) is 4.69. The number of halogens is 1. The summed E-state index contributed by atoms with van der Waals surface area (Å²) in [6.07, 6.45) is 8.27. The number of thiazole rings is 1. The maximum Gasteiger partial charge on any atom is 0.270 e. The van der Waals surface area contributed by atoms with Crippen LogP contribution in [-0.2, 0) is 11.3 Å². The molecule has 0 radical (unpaired) electrons. The highest BCUT2D eigenvalue weighted by atomic mass is 35.5. The lowest BCUT2D eigenvalue weighted by Crippen LogP contribution is -2.42. The molecule has 0 bridgehead atoms. The largest absolute Gasteiger partial charge is 0.360 e. The van der Waals surface area contributed by atoms with Gasteiger partial charge < -0.3 is 20.9 Å². The van der Waals surface area contributed by atoms with E-state index in [2.05, 4.69) is 37.5 Å². The molecule has 0 spiro atoms. The average molecular weight is 536 g/mol. The summed E-state index contributed by atoms with van der Waals surface area (Å²) in [5.41, 5.74) is 2.96. The van der Waals surface area contributed by atoms with Gasteiger partial charge in [-0.3, -0.25) is 9.59 Å². The van der Waals surface area contributed by atoms with Crippen LogP contribution in [0.15, 0.2) is 54.7 Å². The molecule has 0 aliphatic heterocycles. The third kappa shape index (κ3) is 5.81. The normalized spacial score (nSPS) is 17.3. The molecule has 0 unspecified atom stereocenters. The van der Waals surface area contributed by atoms with Gasteiger partial charge in [0, 0.05) is 40.1 Å². The Balaban J connectivity index is 1.22.